The second-order valence-corrected chi connectivity index (χ2v) is 4.08. The molecule has 1 aliphatic heterocycles. The van der Waals surface area contributed by atoms with Crippen molar-refractivity contribution >= 4 is 13.8 Å². The average molecular weight is 248 g/mol. The lowest BCUT2D eigenvalue weighted by Gasteiger charge is -2.14. The minimum atomic E-state index is -1.16. The van der Waals surface area contributed by atoms with E-state index in [4.69, 9.17) is 17.3 Å². The van der Waals surface area contributed by atoms with Gasteiger partial charge in [-0.3, -0.25) is 0 Å². The van der Waals surface area contributed by atoms with E-state index in [9.17, 15) is 15.0 Å². The minimum absolute atomic E-state index is 0.153. The van der Waals surface area contributed by atoms with Crippen LogP contribution in [0, 0.1) is 0 Å². The van der Waals surface area contributed by atoms with Gasteiger partial charge in [-0.25, -0.2) is 4.79 Å². The standard InChI is InChI=1S/C12H13BO5/c13-11-10(15)9(14)8(18-11)6-17-12(16)7-4-2-1-3-5-7/h1-5,8-11,14-15H,6H2/t8-,9?,10?,11-/m1/s1. The third kappa shape index (κ3) is 2.72. The third-order valence-corrected chi connectivity index (χ3v) is 2.79. The monoisotopic (exact) mass is 248 g/mol. The van der Waals surface area contributed by atoms with Gasteiger partial charge in [0.25, 0.3) is 0 Å². The Hall–Kier alpha value is -1.37. The maximum Gasteiger partial charge on any atom is 0.338 e. The highest BCUT2D eigenvalue weighted by Crippen LogP contribution is 2.19. The summed E-state index contributed by atoms with van der Waals surface area (Å²) < 4.78 is 10.1. The zero-order valence-corrected chi connectivity index (χ0v) is 9.60. The fourth-order valence-corrected chi connectivity index (χ4v) is 1.73. The Kier molecular flexibility index (Phi) is 4.01. The van der Waals surface area contributed by atoms with Crippen molar-refractivity contribution in [1.29, 1.82) is 0 Å². The van der Waals surface area contributed by atoms with Gasteiger partial charge in [0.15, 0.2) is 0 Å². The van der Waals surface area contributed by atoms with Gasteiger partial charge < -0.3 is 19.7 Å². The summed E-state index contributed by atoms with van der Waals surface area (Å²) in [7, 11) is 5.40. The number of hydrogen-bond acceptors (Lipinski definition) is 5. The fraction of sp³-hybridized carbons (Fsp3) is 0.417. The smallest absolute Gasteiger partial charge is 0.338 e. The molecule has 1 saturated heterocycles. The van der Waals surface area contributed by atoms with Crippen molar-refractivity contribution in [2.24, 2.45) is 0 Å². The van der Waals surface area contributed by atoms with Crippen LogP contribution in [0.2, 0.25) is 0 Å². The SMILES string of the molecule is [B][C@@H]1O[C@H](COC(=O)c2ccccc2)C(O)C1O. The number of benzene rings is 1. The van der Waals surface area contributed by atoms with Gasteiger partial charge in [0.05, 0.1) is 5.56 Å². The number of ether oxygens (including phenoxy) is 2. The van der Waals surface area contributed by atoms with Crippen molar-refractivity contribution in [1.82, 2.24) is 0 Å². The molecule has 1 aliphatic rings. The van der Waals surface area contributed by atoms with Gasteiger partial charge in [-0.05, 0) is 12.1 Å². The number of carbonyl (C=O) groups excluding carboxylic acids is 1. The van der Waals surface area contributed by atoms with E-state index in [0.717, 1.165) is 0 Å². The molecule has 0 saturated carbocycles. The first kappa shape index (κ1) is 13.1. The first-order chi connectivity index (χ1) is 8.59. The summed E-state index contributed by atoms with van der Waals surface area (Å²) in [5.74, 6) is -0.513. The molecule has 2 rings (SSSR count). The fourth-order valence-electron chi connectivity index (χ4n) is 1.73. The van der Waals surface area contributed by atoms with Gasteiger partial charge in [-0.2, -0.15) is 0 Å². The number of aliphatic hydroxyl groups excluding tert-OH is 2. The van der Waals surface area contributed by atoms with Gasteiger partial charge in [0, 0.05) is 6.00 Å². The average Bonchev–Trinajstić information content (AvgIpc) is 2.64. The summed E-state index contributed by atoms with van der Waals surface area (Å²) in [5.41, 5.74) is 0.412. The molecule has 0 aromatic heterocycles. The molecular weight excluding hydrogens is 235 g/mol. The highest BCUT2D eigenvalue weighted by atomic mass is 16.6. The number of carbonyl (C=O) groups is 1. The summed E-state index contributed by atoms with van der Waals surface area (Å²) in [6, 6.07) is 7.51. The molecule has 0 spiro atoms. The van der Waals surface area contributed by atoms with Gasteiger partial charge in [0.2, 0.25) is 0 Å². The van der Waals surface area contributed by atoms with Crippen molar-refractivity contribution in [2.75, 3.05) is 6.61 Å². The van der Waals surface area contributed by atoms with Gasteiger partial charge in [0.1, 0.15) is 32.8 Å². The highest BCUT2D eigenvalue weighted by molar-refractivity contribution is 6.11. The van der Waals surface area contributed by atoms with Crippen LogP contribution in [0.5, 0.6) is 0 Å². The van der Waals surface area contributed by atoms with Crippen LogP contribution >= 0.6 is 0 Å². The number of rotatable bonds is 3. The van der Waals surface area contributed by atoms with E-state index in [-0.39, 0.29) is 6.61 Å². The van der Waals surface area contributed by atoms with Crippen LogP contribution in [-0.4, -0.2) is 55.0 Å². The predicted octanol–water partition coefficient (Wildman–Crippen LogP) is -0.541. The van der Waals surface area contributed by atoms with Gasteiger partial charge >= 0.3 is 5.97 Å². The molecule has 4 atom stereocenters. The largest absolute Gasteiger partial charge is 0.459 e. The van der Waals surface area contributed by atoms with Crippen LogP contribution in [-0.2, 0) is 9.47 Å². The van der Waals surface area contributed by atoms with Gasteiger partial charge in [-0.1, -0.05) is 18.2 Å². The van der Waals surface area contributed by atoms with E-state index in [1.165, 1.54) is 0 Å². The molecule has 0 amide bonds. The van der Waals surface area contributed by atoms with Crippen LogP contribution in [0.1, 0.15) is 10.4 Å². The molecule has 94 valence electrons. The molecule has 18 heavy (non-hydrogen) atoms. The zero-order chi connectivity index (χ0) is 13.1. The molecule has 0 aliphatic carbocycles. The second kappa shape index (κ2) is 5.52. The van der Waals surface area contributed by atoms with Gasteiger partial charge in [-0.15, -0.1) is 0 Å². The predicted molar refractivity (Wildman–Crippen MR) is 63.2 cm³/mol. The van der Waals surface area contributed by atoms with Crippen LogP contribution in [0.15, 0.2) is 30.3 Å². The molecule has 1 aromatic rings. The quantitative estimate of drug-likeness (QED) is 0.555. The van der Waals surface area contributed by atoms with E-state index >= 15 is 0 Å². The molecular formula is C12H13BO5. The Balaban J connectivity index is 1.88. The summed E-state index contributed by atoms with van der Waals surface area (Å²) in [5, 5.41) is 18.9. The lowest BCUT2D eigenvalue weighted by molar-refractivity contribution is -0.0231. The van der Waals surface area contributed by atoms with E-state index in [1.807, 2.05) is 0 Å². The molecule has 1 aromatic carbocycles. The molecule has 5 nitrogen and oxygen atoms in total. The first-order valence-electron chi connectivity index (χ1n) is 5.59. The van der Waals surface area contributed by atoms with E-state index in [0.29, 0.717) is 5.56 Å². The second-order valence-electron chi connectivity index (χ2n) is 4.08. The number of hydrogen-bond donors (Lipinski definition) is 2. The molecule has 2 N–H and O–H groups in total. The summed E-state index contributed by atoms with van der Waals surface area (Å²) >= 11 is 0. The Labute approximate surface area is 106 Å². The Morgan fingerprint density at radius 1 is 1.28 bits per heavy atom. The summed E-state index contributed by atoms with van der Waals surface area (Å²) in [6.45, 7) is -0.153. The molecule has 2 radical (unpaired) electrons. The van der Waals surface area contributed by atoms with Crippen molar-refractivity contribution in [2.45, 2.75) is 24.3 Å². The molecule has 0 bridgehead atoms. The first-order valence-corrected chi connectivity index (χ1v) is 5.59. The normalized spacial score (nSPS) is 31.2. The Bertz CT molecular complexity index is 410. The van der Waals surface area contributed by atoms with Crippen LogP contribution in [0.25, 0.3) is 0 Å². The molecule has 2 unspecified atom stereocenters. The lowest BCUT2D eigenvalue weighted by atomic mass is 9.93. The maximum atomic E-state index is 11.6. The minimum Gasteiger partial charge on any atom is -0.459 e. The van der Waals surface area contributed by atoms with Crippen LogP contribution < -0.4 is 0 Å². The summed E-state index contributed by atoms with van der Waals surface area (Å²) in [4.78, 5) is 11.6. The molecule has 6 heteroatoms. The van der Waals surface area contributed by atoms with Crippen molar-refractivity contribution in [3.8, 4) is 0 Å². The van der Waals surface area contributed by atoms with E-state index in [1.54, 1.807) is 30.3 Å². The van der Waals surface area contributed by atoms with Crippen LogP contribution in [0.4, 0.5) is 0 Å². The Morgan fingerprint density at radius 3 is 2.50 bits per heavy atom. The maximum absolute atomic E-state index is 11.6. The van der Waals surface area contributed by atoms with E-state index in [2.05, 4.69) is 0 Å². The molecule has 1 heterocycles. The third-order valence-electron chi connectivity index (χ3n) is 2.79. The lowest BCUT2D eigenvalue weighted by Crippen LogP contribution is -2.34. The zero-order valence-electron chi connectivity index (χ0n) is 9.60. The van der Waals surface area contributed by atoms with E-state index < -0.39 is 30.3 Å². The number of esters is 1. The van der Waals surface area contributed by atoms with Crippen molar-refractivity contribution < 1.29 is 24.5 Å². The topological polar surface area (TPSA) is 76.0 Å². The Morgan fingerprint density at radius 2 is 1.94 bits per heavy atom. The molecule has 1 fully saturated rings. The highest BCUT2D eigenvalue weighted by Gasteiger charge is 2.40. The summed E-state index contributed by atoms with van der Waals surface area (Å²) in [6.07, 6.45) is -3.11. The van der Waals surface area contributed by atoms with Crippen LogP contribution in [0.3, 0.4) is 0 Å². The van der Waals surface area contributed by atoms with Crippen molar-refractivity contribution in [3.05, 3.63) is 35.9 Å². The van der Waals surface area contributed by atoms with Crippen molar-refractivity contribution in [3.63, 3.8) is 0 Å². The number of aliphatic hydroxyl groups is 2.